The second-order valence-electron chi connectivity index (χ2n) is 6.99. The number of carbonyl (C=O) groups is 5. The van der Waals surface area contributed by atoms with Crippen LogP contribution in [-0.2, 0) is 33.3 Å². The van der Waals surface area contributed by atoms with Crippen LogP contribution in [0, 0.1) is 0 Å². The third kappa shape index (κ3) is 4.62. The lowest BCUT2D eigenvalue weighted by atomic mass is 9.96. The number of hydrogen-bond donors (Lipinski definition) is 0. The van der Waals surface area contributed by atoms with Crippen LogP contribution >= 0.6 is 15.9 Å². The van der Waals surface area contributed by atoms with Gasteiger partial charge in [-0.25, -0.2) is 0 Å². The summed E-state index contributed by atoms with van der Waals surface area (Å²) < 4.78 is 21.5. The number of imide groups is 1. The van der Waals surface area contributed by atoms with E-state index in [0.717, 1.165) is 18.7 Å². The molecule has 5 atom stereocenters. The molecule has 31 heavy (non-hydrogen) atoms. The fourth-order valence-corrected chi connectivity index (χ4v) is 4.43. The first kappa shape index (κ1) is 22.9. The van der Waals surface area contributed by atoms with Crippen molar-refractivity contribution in [3.8, 4) is 0 Å². The molecule has 10 nitrogen and oxygen atoms in total. The molecule has 0 radical (unpaired) electrons. The highest BCUT2D eigenvalue weighted by molar-refractivity contribution is 9.09. The van der Waals surface area contributed by atoms with Crippen LogP contribution in [0.25, 0.3) is 0 Å². The van der Waals surface area contributed by atoms with Gasteiger partial charge in [0.2, 0.25) is 0 Å². The monoisotopic (exact) mass is 497 g/mol. The third-order valence-electron chi connectivity index (χ3n) is 4.78. The first-order chi connectivity index (χ1) is 14.6. The Kier molecular flexibility index (Phi) is 6.75. The van der Waals surface area contributed by atoms with E-state index in [1.165, 1.54) is 19.1 Å². The van der Waals surface area contributed by atoms with Crippen LogP contribution in [0.3, 0.4) is 0 Å². The number of alkyl halides is 1. The number of carbonyl (C=O) groups excluding carboxylic acids is 5. The lowest BCUT2D eigenvalue weighted by Gasteiger charge is -2.45. The van der Waals surface area contributed by atoms with E-state index in [-0.39, 0.29) is 17.7 Å². The van der Waals surface area contributed by atoms with Gasteiger partial charge >= 0.3 is 17.9 Å². The van der Waals surface area contributed by atoms with Gasteiger partial charge in [-0.2, -0.15) is 0 Å². The SMILES string of the molecule is CC(=O)OC[C@H]1OC(Br)[C@H](N2C(=O)c3ccccc3C2=O)[C@@H](OC(C)=O)[C@H]1OC(C)=O. The Morgan fingerprint density at radius 3 is 1.94 bits per heavy atom. The summed E-state index contributed by atoms with van der Waals surface area (Å²) in [7, 11) is 0. The molecule has 1 fully saturated rings. The maximum atomic E-state index is 13.0. The Morgan fingerprint density at radius 2 is 1.45 bits per heavy atom. The molecule has 2 aliphatic heterocycles. The predicted molar refractivity (Wildman–Crippen MR) is 106 cm³/mol. The van der Waals surface area contributed by atoms with Gasteiger partial charge in [0.05, 0.1) is 11.1 Å². The van der Waals surface area contributed by atoms with Crippen molar-refractivity contribution in [3.63, 3.8) is 0 Å². The van der Waals surface area contributed by atoms with E-state index in [0.29, 0.717) is 0 Å². The fourth-order valence-electron chi connectivity index (χ4n) is 3.62. The van der Waals surface area contributed by atoms with Gasteiger partial charge in [-0.3, -0.25) is 28.9 Å². The average molecular weight is 498 g/mol. The highest BCUT2D eigenvalue weighted by atomic mass is 79.9. The Balaban J connectivity index is 2.01. The maximum Gasteiger partial charge on any atom is 0.303 e. The van der Waals surface area contributed by atoms with Gasteiger partial charge in [-0.1, -0.05) is 28.1 Å². The van der Waals surface area contributed by atoms with Crippen molar-refractivity contribution in [2.24, 2.45) is 0 Å². The molecule has 0 N–H and O–H groups in total. The van der Waals surface area contributed by atoms with Crippen molar-refractivity contribution in [2.45, 2.75) is 50.1 Å². The molecule has 3 rings (SSSR count). The highest BCUT2D eigenvalue weighted by Gasteiger charge is 2.56. The number of fused-ring (bicyclic) bond motifs is 1. The molecule has 1 saturated heterocycles. The summed E-state index contributed by atoms with van der Waals surface area (Å²) in [5.74, 6) is -3.24. The summed E-state index contributed by atoms with van der Waals surface area (Å²) in [6, 6.07) is 5.11. The number of rotatable bonds is 5. The Bertz CT molecular complexity index is 898. The zero-order chi connectivity index (χ0) is 22.9. The average Bonchev–Trinajstić information content (AvgIpc) is 2.93. The van der Waals surface area contributed by atoms with E-state index >= 15 is 0 Å². The minimum atomic E-state index is -1.28. The summed E-state index contributed by atoms with van der Waals surface area (Å²) in [6.45, 7) is 3.18. The molecule has 0 saturated carbocycles. The summed E-state index contributed by atoms with van der Waals surface area (Å²) in [4.78, 5) is 61.9. The zero-order valence-corrected chi connectivity index (χ0v) is 18.5. The molecule has 1 aromatic carbocycles. The quantitative estimate of drug-likeness (QED) is 0.255. The molecule has 0 aromatic heterocycles. The van der Waals surface area contributed by atoms with Crippen LogP contribution in [0.2, 0.25) is 0 Å². The van der Waals surface area contributed by atoms with Crippen LogP contribution in [0.15, 0.2) is 24.3 Å². The van der Waals surface area contributed by atoms with Crippen LogP contribution < -0.4 is 0 Å². The molecule has 166 valence electrons. The van der Waals surface area contributed by atoms with Gasteiger partial charge in [0.15, 0.2) is 12.2 Å². The van der Waals surface area contributed by atoms with Gasteiger partial charge in [0, 0.05) is 20.8 Å². The Hall–Kier alpha value is -2.79. The fraction of sp³-hybridized carbons (Fsp3) is 0.450. The predicted octanol–water partition coefficient (Wildman–Crippen LogP) is 1.20. The number of ether oxygens (including phenoxy) is 4. The number of hydrogen-bond acceptors (Lipinski definition) is 9. The highest BCUT2D eigenvalue weighted by Crippen LogP contribution is 2.36. The van der Waals surface area contributed by atoms with Crippen molar-refractivity contribution in [2.75, 3.05) is 6.61 Å². The van der Waals surface area contributed by atoms with Gasteiger partial charge in [0.25, 0.3) is 11.8 Å². The van der Waals surface area contributed by atoms with Crippen molar-refractivity contribution in [1.29, 1.82) is 0 Å². The largest absolute Gasteiger partial charge is 0.463 e. The number of amides is 2. The lowest BCUT2D eigenvalue weighted by Crippen LogP contribution is -2.65. The van der Waals surface area contributed by atoms with E-state index in [1.807, 2.05) is 0 Å². The topological polar surface area (TPSA) is 126 Å². The molecule has 0 aliphatic carbocycles. The van der Waals surface area contributed by atoms with Gasteiger partial charge in [0.1, 0.15) is 23.8 Å². The number of halogens is 1. The maximum absolute atomic E-state index is 13.0. The van der Waals surface area contributed by atoms with Gasteiger partial charge in [-0.15, -0.1) is 0 Å². The Morgan fingerprint density at radius 1 is 0.935 bits per heavy atom. The molecule has 2 amide bonds. The summed E-state index contributed by atoms with van der Waals surface area (Å²) in [5.41, 5.74) is 0.389. The number of benzene rings is 1. The van der Waals surface area contributed by atoms with Crippen molar-refractivity contribution in [3.05, 3.63) is 35.4 Å². The minimum Gasteiger partial charge on any atom is -0.463 e. The second-order valence-corrected chi connectivity index (χ2v) is 7.90. The third-order valence-corrected chi connectivity index (χ3v) is 5.54. The van der Waals surface area contributed by atoms with Crippen molar-refractivity contribution < 1.29 is 42.9 Å². The minimum absolute atomic E-state index is 0.194. The van der Waals surface area contributed by atoms with Crippen molar-refractivity contribution in [1.82, 2.24) is 4.90 Å². The van der Waals surface area contributed by atoms with Gasteiger partial charge < -0.3 is 18.9 Å². The lowest BCUT2D eigenvalue weighted by molar-refractivity contribution is -0.216. The molecule has 2 aliphatic rings. The normalized spacial score (nSPS) is 27.5. The molecule has 1 unspecified atom stereocenters. The van der Waals surface area contributed by atoms with Gasteiger partial charge in [-0.05, 0) is 12.1 Å². The summed E-state index contributed by atoms with van der Waals surface area (Å²) in [6.07, 6.45) is -3.54. The molecular formula is C20H20BrNO9. The summed E-state index contributed by atoms with van der Waals surface area (Å²) >= 11 is 3.30. The van der Waals surface area contributed by atoms with E-state index < -0.39 is 59.1 Å². The molecular weight excluding hydrogens is 478 g/mol. The molecule has 1 aromatic rings. The van der Waals surface area contributed by atoms with Crippen LogP contribution in [0.1, 0.15) is 41.5 Å². The molecule has 0 bridgehead atoms. The number of nitrogens with zero attached hydrogens (tertiary/aromatic N) is 1. The first-order valence-electron chi connectivity index (χ1n) is 9.36. The second kappa shape index (κ2) is 9.15. The van der Waals surface area contributed by atoms with E-state index in [9.17, 15) is 24.0 Å². The van der Waals surface area contributed by atoms with Crippen LogP contribution in [0.4, 0.5) is 0 Å². The molecule has 0 spiro atoms. The van der Waals surface area contributed by atoms with E-state index in [2.05, 4.69) is 15.9 Å². The number of esters is 3. The van der Waals surface area contributed by atoms with Crippen LogP contribution in [0.5, 0.6) is 0 Å². The smallest absolute Gasteiger partial charge is 0.303 e. The molecule has 11 heteroatoms. The van der Waals surface area contributed by atoms with Crippen LogP contribution in [-0.4, -0.2) is 70.6 Å². The summed E-state index contributed by atoms with van der Waals surface area (Å²) in [5, 5.41) is -1.01. The standard InChI is InChI=1S/C20H20BrNO9/c1-9(23)28-8-14-16(29-10(2)24)17(30-11(3)25)15(18(21)31-14)22-19(26)12-6-4-5-7-13(12)20(22)27/h4-7,14-18H,8H2,1-3H3/t14-,15-,16+,17-,18?/m1/s1. The zero-order valence-electron chi connectivity index (χ0n) is 16.9. The van der Waals surface area contributed by atoms with E-state index in [1.54, 1.807) is 12.1 Å². The van der Waals surface area contributed by atoms with E-state index in [4.69, 9.17) is 18.9 Å². The van der Waals surface area contributed by atoms with Crippen molar-refractivity contribution >= 4 is 45.7 Å². The molecule has 2 heterocycles. The first-order valence-corrected chi connectivity index (χ1v) is 10.3. The Labute approximate surface area is 185 Å².